The van der Waals surface area contributed by atoms with E-state index in [-0.39, 0.29) is 15.7 Å². The Morgan fingerprint density at radius 2 is 2.25 bits per heavy atom. The molecule has 4 nitrogen and oxygen atoms in total. The summed E-state index contributed by atoms with van der Waals surface area (Å²) in [6.45, 7) is 2.15. The number of rotatable bonds is 3. The first-order valence-electron chi connectivity index (χ1n) is 6.06. The number of aliphatic hydroxyl groups is 1. The molecule has 1 atom stereocenters. The maximum absolute atomic E-state index is 14.2. The number of aliphatic hydroxyl groups excluding tert-OH is 1. The molecule has 20 heavy (non-hydrogen) atoms. The standard InChI is InChI=1S/C12H15BrFNO3S2/c1-8-6-15(2-3-19-8)20(17,18)11-5-10(13)4-9(7-16)12(11)14/h4-5,8,16H,2-3,6-7H2,1H3. The van der Waals surface area contributed by atoms with E-state index >= 15 is 0 Å². The first-order chi connectivity index (χ1) is 9.36. The monoisotopic (exact) mass is 383 g/mol. The molecular weight excluding hydrogens is 369 g/mol. The Morgan fingerprint density at radius 3 is 2.85 bits per heavy atom. The van der Waals surface area contributed by atoms with Crippen LogP contribution in [0.1, 0.15) is 12.5 Å². The molecule has 0 aromatic heterocycles. The molecule has 1 N–H and O–H groups in total. The average molecular weight is 384 g/mol. The Hall–Kier alpha value is -0.150. The first kappa shape index (κ1) is 16.2. The van der Waals surface area contributed by atoms with Gasteiger partial charge in [-0.15, -0.1) is 0 Å². The summed E-state index contributed by atoms with van der Waals surface area (Å²) in [7, 11) is -3.88. The van der Waals surface area contributed by atoms with Gasteiger partial charge in [0.05, 0.1) is 6.61 Å². The highest BCUT2D eigenvalue weighted by Crippen LogP contribution is 2.29. The summed E-state index contributed by atoms with van der Waals surface area (Å²) >= 11 is 4.85. The molecule has 1 aromatic rings. The van der Waals surface area contributed by atoms with Crippen molar-refractivity contribution in [1.82, 2.24) is 4.31 Å². The Bertz CT molecular complexity index is 609. The lowest BCUT2D eigenvalue weighted by Gasteiger charge is -2.30. The van der Waals surface area contributed by atoms with Crippen LogP contribution >= 0.6 is 27.7 Å². The number of thioether (sulfide) groups is 1. The molecule has 1 aliphatic rings. The van der Waals surface area contributed by atoms with E-state index in [1.54, 1.807) is 11.8 Å². The maximum atomic E-state index is 14.2. The van der Waals surface area contributed by atoms with Gasteiger partial charge in [0.25, 0.3) is 0 Å². The number of hydrogen-bond acceptors (Lipinski definition) is 4. The first-order valence-corrected chi connectivity index (χ1v) is 9.35. The van der Waals surface area contributed by atoms with Gasteiger partial charge in [-0.3, -0.25) is 0 Å². The SMILES string of the molecule is CC1CN(S(=O)(=O)c2cc(Br)cc(CO)c2F)CCS1. The number of sulfonamides is 1. The van der Waals surface area contributed by atoms with Crippen LogP contribution in [0.3, 0.4) is 0 Å². The molecule has 0 aliphatic carbocycles. The molecule has 1 heterocycles. The second-order valence-electron chi connectivity index (χ2n) is 4.58. The lowest BCUT2D eigenvalue weighted by atomic mass is 10.2. The van der Waals surface area contributed by atoms with E-state index in [0.717, 1.165) is 0 Å². The van der Waals surface area contributed by atoms with Crippen LogP contribution in [-0.4, -0.2) is 41.9 Å². The molecule has 1 unspecified atom stereocenters. The van der Waals surface area contributed by atoms with Crippen molar-refractivity contribution < 1.29 is 17.9 Å². The van der Waals surface area contributed by atoms with Crippen LogP contribution in [0, 0.1) is 5.82 Å². The highest BCUT2D eigenvalue weighted by Gasteiger charge is 2.32. The number of halogens is 2. The highest BCUT2D eigenvalue weighted by molar-refractivity contribution is 9.10. The summed E-state index contributed by atoms with van der Waals surface area (Å²) in [5, 5.41) is 9.30. The summed E-state index contributed by atoms with van der Waals surface area (Å²) in [4.78, 5) is -0.380. The van der Waals surface area contributed by atoms with Gasteiger partial charge < -0.3 is 5.11 Å². The molecule has 0 radical (unpaired) electrons. The Kier molecular flexibility index (Phi) is 5.12. The minimum Gasteiger partial charge on any atom is -0.392 e. The zero-order valence-electron chi connectivity index (χ0n) is 10.8. The van der Waals surface area contributed by atoms with Crippen LogP contribution in [0.2, 0.25) is 0 Å². The van der Waals surface area contributed by atoms with E-state index < -0.39 is 22.4 Å². The van der Waals surface area contributed by atoms with Crippen LogP contribution < -0.4 is 0 Å². The fourth-order valence-electron chi connectivity index (χ4n) is 2.06. The minimum atomic E-state index is -3.88. The molecule has 112 valence electrons. The summed E-state index contributed by atoms with van der Waals surface area (Å²) in [6.07, 6.45) is 0. The van der Waals surface area contributed by atoms with Crippen LogP contribution in [0.15, 0.2) is 21.5 Å². The molecular formula is C12H15BrFNO3S2. The van der Waals surface area contributed by atoms with Gasteiger partial charge >= 0.3 is 0 Å². The molecule has 0 saturated carbocycles. The predicted molar refractivity (Wildman–Crippen MR) is 80.7 cm³/mol. The van der Waals surface area contributed by atoms with Crippen molar-refractivity contribution in [2.45, 2.75) is 23.7 Å². The molecule has 1 aliphatic heterocycles. The lowest BCUT2D eigenvalue weighted by molar-refractivity contribution is 0.274. The molecule has 1 aromatic carbocycles. The minimum absolute atomic E-state index is 0.0302. The van der Waals surface area contributed by atoms with Gasteiger partial charge in [-0.2, -0.15) is 16.1 Å². The highest BCUT2D eigenvalue weighted by atomic mass is 79.9. The fourth-order valence-corrected chi connectivity index (χ4v) is 5.61. The predicted octanol–water partition coefficient (Wildman–Crippen LogP) is 2.21. The normalized spacial score (nSPS) is 21.1. The summed E-state index contributed by atoms with van der Waals surface area (Å²) in [5.74, 6) is -0.176. The zero-order valence-corrected chi connectivity index (χ0v) is 14.1. The van der Waals surface area contributed by atoms with E-state index in [1.807, 2.05) is 6.92 Å². The van der Waals surface area contributed by atoms with Gasteiger partial charge in [0.15, 0.2) is 0 Å². The molecule has 0 bridgehead atoms. The quantitative estimate of drug-likeness (QED) is 0.868. The zero-order chi connectivity index (χ0) is 14.9. The molecule has 2 rings (SSSR count). The molecule has 1 fully saturated rings. The van der Waals surface area contributed by atoms with Gasteiger partial charge in [-0.05, 0) is 12.1 Å². The van der Waals surface area contributed by atoms with E-state index in [2.05, 4.69) is 15.9 Å². The van der Waals surface area contributed by atoms with Gasteiger partial charge in [0.1, 0.15) is 10.7 Å². The second-order valence-corrected chi connectivity index (χ2v) is 8.95. The van der Waals surface area contributed by atoms with Gasteiger partial charge in [0, 0.05) is 34.1 Å². The Labute approximate surface area is 130 Å². The van der Waals surface area contributed by atoms with Crippen LogP contribution in [0.4, 0.5) is 4.39 Å². The number of nitrogens with zero attached hydrogens (tertiary/aromatic N) is 1. The van der Waals surface area contributed by atoms with E-state index in [0.29, 0.717) is 23.3 Å². The van der Waals surface area contributed by atoms with Crippen molar-refractivity contribution in [2.75, 3.05) is 18.8 Å². The second kappa shape index (κ2) is 6.31. The number of benzene rings is 1. The van der Waals surface area contributed by atoms with Gasteiger partial charge in [0.2, 0.25) is 10.0 Å². The van der Waals surface area contributed by atoms with Crippen LogP contribution in [-0.2, 0) is 16.6 Å². The van der Waals surface area contributed by atoms with Crippen molar-refractivity contribution in [3.63, 3.8) is 0 Å². The third-order valence-electron chi connectivity index (χ3n) is 3.07. The van der Waals surface area contributed by atoms with Gasteiger partial charge in [-0.1, -0.05) is 22.9 Å². The van der Waals surface area contributed by atoms with Gasteiger partial charge in [-0.25, -0.2) is 12.8 Å². The third kappa shape index (κ3) is 3.19. The third-order valence-corrected chi connectivity index (χ3v) is 6.53. The lowest BCUT2D eigenvalue weighted by Crippen LogP contribution is -2.41. The molecule has 8 heteroatoms. The van der Waals surface area contributed by atoms with Crippen molar-refractivity contribution in [2.24, 2.45) is 0 Å². The molecule has 0 amide bonds. The van der Waals surface area contributed by atoms with Crippen molar-refractivity contribution in [1.29, 1.82) is 0 Å². The maximum Gasteiger partial charge on any atom is 0.246 e. The average Bonchev–Trinajstić information content (AvgIpc) is 2.40. The largest absolute Gasteiger partial charge is 0.392 e. The summed E-state index contributed by atoms with van der Waals surface area (Å²) in [5.41, 5.74) is -0.0302. The van der Waals surface area contributed by atoms with Crippen LogP contribution in [0.25, 0.3) is 0 Å². The number of hydrogen-bond donors (Lipinski definition) is 1. The van der Waals surface area contributed by atoms with Crippen LogP contribution in [0.5, 0.6) is 0 Å². The Morgan fingerprint density at radius 1 is 1.55 bits per heavy atom. The van der Waals surface area contributed by atoms with E-state index in [4.69, 9.17) is 5.11 Å². The van der Waals surface area contributed by atoms with E-state index in [9.17, 15) is 12.8 Å². The smallest absolute Gasteiger partial charge is 0.246 e. The summed E-state index contributed by atoms with van der Waals surface area (Å²) in [6, 6.07) is 2.62. The Balaban J connectivity index is 2.46. The topological polar surface area (TPSA) is 57.6 Å². The van der Waals surface area contributed by atoms with Crippen molar-refractivity contribution in [3.8, 4) is 0 Å². The van der Waals surface area contributed by atoms with Crippen molar-refractivity contribution in [3.05, 3.63) is 28.0 Å². The molecule has 1 saturated heterocycles. The van der Waals surface area contributed by atoms with Crippen molar-refractivity contribution >= 4 is 37.7 Å². The summed E-state index contributed by atoms with van der Waals surface area (Å²) < 4.78 is 41.0. The molecule has 0 spiro atoms. The van der Waals surface area contributed by atoms with E-state index in [1.165, 1.54) is 16.4 Å². The fraction of sp³-hybridized carbons (Fsp3) is 0.500.